The molecule has 1 aromatic heterocycles. The third-order valence-corrected chi connectivity index (χ3v) is 4.46. The molecule has 1 amide bonds. The van der Waals surface area contributed by atoms with Gasteiger partial charge in [-0.25, -0.2) is 0 Å². The molecule has 0 aliphatic carbocycles. The van der Waals surface area contributed by atoms with E-state index in [4.69, 9.17) is 0 Å². The number of rotatable bonds is 6. The Labute approximate surface area is 143 Å². The first-order valence-corrected chi connectivity index (χ1v) is 8.43. The maximum absolute atomic E-state index is 12.6. The van der Waals surface area contributed by atoms with E-state index in [1.165, 1.54) is 16.5 Å². The SMILES string of the molecule is CC(C)(Cc1c[nH]c2ccccc12)C(=O)NCCc1ccccc1. The normalized spacial score (nSPS) is 11.6. The van der Waals surface area contributed by atoms with Gasteiger partial charge in [0.05, 0.1) is 0 Å². The van der Waals surface area contributed by atoms with E-state index in [0.29, 0.717) is 13.0 Å². The van der Waals surface area contributed by atoms with Gasteiger partial charge >= 0.3 is 0 Å². The van der Waals surface area contributed by atoms with E-state index in [0.717, 1.165) is 11.9 Å². The lowest BCUT2D eigenvalue weighted by molar-refractivity contribution is -0.129. The van der Waals surface area contributed by atoms with Gasteiger partial charge in [0, 0.05) is 29.1 Å². The first kappa shape index (κ1) is 16.3. The molecule has 0 aliphatic heterocycles. The summed E-state index contributed by atoms with van der Waals surface area (Å²) in [5.41, 5.74) is 3.11. The van der Waals surface area contributed by atoms with Crippen molar-refractivity contribution in [1.82, 2.24) is 10.3 Å². The molecule has 3 rings (SSSR count). The molecule has 2 aromatic carbocycles. The number of hydrogen-bond acceptors (Lipinski definition) is 1. The second-order valence-electron chi connectivity index (χ2n) is 6.91. The van der Waals surface area contributed by atoms with Crippen molar-refractivity contribution in [2.24, 2.45) is 5.41 Å². The number of aromatic nitrogens is 1. The molecule has 0 unspecified atom stereocenters. The Balaban J connectivity index is 1.61. The van der Waals surface area contributed by atoms with Crippen LogP contribution in [0.25, 0.3) is 10.9 Å². The van der Waals surface area contributed by atoms with E-state index in [9.17, 15) is 4.79 Å². The van der Waals surface area contributed by atoms with Crippen LogP contribution in [0.4, 0.5) is 0 Å². The van der Waals surface area contributed by atoms with Gasteiger partial charge in [0.25, 0.3) is 0 Å². The second kappa shape index (κ2) is 6.91. The molecule has 0 bridgehead atoms. The lowest BCUT2D eigenvalue weighted by Crippen LogP contribution is -2.39. The molecule has 24 heavy (non-hydrogen) atoms. The summed E-state index contributed by atoms with van der Waals surface area (Å²) < 4.78 is 0. The summed E-state index contributed by atoms with van der Waals surface area (Å²) in [7, 11) is 0. The molecule has 3 nitrogen and oxygen atoms in total. The van der Waals surface area contributed by atoms with Gasteiger partial charge in [-0.05, 0) is 30.0 Å². The fourth-order valence-corrected chi connectivity index (χ4v) is 3.04. The Bertz CT molecular complexity index is 818. The monoisotopic (exact) mass is 320 g/mol. The van der Waals surface area contributed by atoms with E-state index >= 15 is 0 Å². The summed E-state index contributed by atoms with van der Waals surface area (Å²) in [5.74, 6) is 0.101. The van der Waals surface area contributed by atoms with Crippen LogP contribution in [0.3, 0.4) is 0 Å². The predicted molar refractivity (Wildman–Crippen MR) is 98.9 cm³/mol. The predicted octanol–water partition coefficient (Wildman–Crippen LogP) is 4.10. The Morgan fingerprint density at radius 3 is 2.54 bits per heavy atom. The molecule has 3 aromatic rings. The largest absolute Gasteiger partial charge is 0.361 e. The number of fused-ring (bicyclic) bond motifs is 1. The van der Waals surface area contributed by atoms with Crippen molar-refractivity contribution < 1.29 is 4.79 Å². The lowest BCUT2D eigenvalue weighted by Gasteiger charge is -2.23. The average Bonchev–Trinajstić information content (AvgIpc) is 2.98. The summed E-state index contributed by atoms with van der Waals surface area (Å²) in [6.07, 6.45) is 3.59. The fourth-order valence-electron chi connectivity index (χ4n) is 3.04. The van der Waals surface area contributed by atoms with Crippen LogP contribution in [0.15, 0.2) is 60.8 Å². The summed E-state index contributed by atoms with van der Waals surface area (Å²) in [6.45, 7) is 4.68. The van der Waals surface area contributed by atoms with Gasteiger partial charge in [0.15, 0.2) is 0 Å². The van der Waals surface area contributed by atoms with Crippen molar-refractivity contribution in [1.29, 1.82) is 0 Å². The number of amides is 1. The number of hydrogen-bond donors (Lipinski definition) is 2. The number of carbonyl (C=O) groups excluding carboxylic acids is 1. The average molecular weight is 320 g/mol. The van der Waals surface area contributed by atoms with E-state index in [1.54, 1.807) is 0 Å². The van der Waals surface area contributed by atoms with Gasteiger partial charge < -0.3 is 10.3 Å². The van der Waals surface area contributed by atoms with Crippen LogP contribution in [0.1, 0.15) is 25.0 Å². The fraction of sp³-hybridized carbons (Fsp3) is 0.286. The van der Waals surface area contributed by atoms with Gasteiger partial charge in [-0.3, -0.25) is 4.79 Å². The maximum atomic E-state index is 12.6. The zero-order chi connectivity index (χ0) is 17.0. The van der Waals surface area contributed by atoms with Crippen LogP contribution in [0, 0.1) is 5.41 Å². The van der Waals surface area contributed by atoms with Crippen LogP contribution in [0.2, 0.25) is 0 Å². The molecule has 0 saturated heterocycles. The highest BCUT2D eigenvalue weighted by Gasteiger charge is 2.28. The van der Waals surface area contributed by atoms with Crippen molar-refractivity contribution in [2.75, 3.05) is 6.54 Å². The quantitative estimate of drug-likeness (QED) is 0.706. The van der Waals surface area contributed by atoms with E-state index in [2.05, 4.69) is 34.6 Å². The van der Waals surface area contributed by atoms with Crippen molar-refractivity contribution >= 4 is 16.8 Å². The van der Waals surface area contributed by atoms with Gasteiger partial charge in [-0.15, -0.1) is 0 Å². The number of benzene rings is 2. The highest BCUT2D eigenvalue weighted by Crippen LogP contribution is 2.27. The summed E-state index contributed by atoms with van der Waals surface area (Å²) in [4.78, 5) is 15.9. The van der Waals surface area contributed by atoms with Crippen molar-refractivity contribution in [3.8, 4) is 0 Å². The second-order valence-corrected chi connectivity index (χ2v) is 6.91. The minimum absolute atomic E-state index is 0.101. The maximum Gasteiger partial charge on any atom is 0.226 e. The highest BCUT2D eigenvalue weighted by atomic mass is 16.2. The van der Waals surface area contributed by atoms with Gasteiger partial charge in [0.2, 0.25) is 5.91 Å². The summed E-state index contributed by atoms with van der Waals surface area (Å²) >= 11 is 0. The minimum atomic E-state index is -0.443. The van der Waals surface area contributed by atoms with E-state index in [-0.39, 0.29) is 5.91 Å². The first-order valence-electron chi connectivity index (χ1n) is 8.43. The zero-order valence-electron chi connectivity index (χ0n) is 14.3. The Kier molecular flexibility index (Phi) is 4.70. The first-order chi connectivity index (χ1) is 11.6. The zero-order valence-corrected chi connectivity index (χ0v) is 14.3. The number of para-hydroxylation sites is 1. The van der Waals surface area contributed by atoms with Crippen LogP contribution in [0.5, 0.6) is 0 Å². The van der Waals surface area contributed by atoms with Crippen LogP contribution < -0.4 is 5.32 Å². The van der Waals surface area contributed by atoms with Gasteiger partial charge in [-0.2, -0.15) is 0 Å². The smallest absolute Gasteiger partial charge is 0.226 e. The molecule has 0 atom stereocenters. The Morgan fingerprint density at radius 1 is 1.04 bits per heavy atom. The molecule has 0 aliphatic rings. The Hall–Kier alpha value is -2.55. The van der Waals surface area contributed by atoms with Crippen LogP contribution in [-0.2, 0) is 17.6 Å². The van der Waals surface area contributed by atoms with Gasteiger partial charge in [-0.1, -0.05) is 62.4 Å². The van der Waals surface area contributed by atoms with Crippen LogP contribution in [-0.4, -0.2) is 17.4 Å². The molecule has 0 saturated carbocycles. The number of carbonyl (C=O) groups is 1. The van der Waals surface area contributed by atoms with Gasteiger partial charge in [0.1, 0.15) is 0 Å². The van der Waals surface area contributed by atoms with E-state index in [1.807, 2.05) is 50.4 Å². The highest BCUT2D eigenvalue weighted by molar-refractivity contribution is 5.86. The third kappa shape index (κ3) is 3.67. The molecule has 2 N–H and O–H groups in total. The van der Waals surface area contributed by atoms with Crippen LogP contribution >= 0.6 is 0 Å². The van der Waals surface area contributed by atoms with E-state index < -0.39 is 5.41 Å². The summed E-state index contributed by atoms with van der Waals surface area (Å²) in [5, 5.41) is 4.28. The topological polar surface area (TPSA) is 44.9 Å². The minimum Gasteiger partial charge on any atom is -0.361 e. The van der Waals surface area contributed by atoms with Crippen molar-refractivity contribution in [3.05, 3.63) is 71.9 Å². The molecule has 0 fully saturated rings. The Morgan fingerprint density at radius 2 is 1.75 bits per heavy atom. The third-order valence-electron chi connectivity index (χ3n) is 4.46. The molecule has 0 spiro atoms. The van der Waals surface area contributed by atoms with Crippen molar-refractivity contribution in [3.63, 3.8) is 0 Å². The molecular weight excluding hydrogens is 296 g/mol. The summed E-state index contributed by atoms with van der Waals surface area (Å²) in [6, 6.07) is 18.4. The molecule has 3 heteroatoms. The van der Waals surface area contributed by atoms with Crippen molar-refractivity contribution in [2.45, 2.75) is 26.7 Å². The molecule has 0 radical (unpaired) electrons. The number of H-pyrrole nitrogens is 1. The molecular formula is C21H24N2O. The number of aromatic amines is 1. The standard InChI is InChI=1S/C21H24N2O/c1-21(2,14-17-15-23-19-11-7-6-10-18(17)19)20(24)22-13-12-16-8-4-3-5-9-16/h3-11,15,23H,12-14H2,1-2H3,(H,22,24). The molecule has 124 valence electrons. The molecule has 1 heterocycles. The lowest BCUT2D eigenvalue weighted by atomic mass is 9.84. The number of nitrogens with one attached hydrogen (secondary N) is 2.